The van der Waals surface area contributed by atoms with Crippen molar-refractivity contribution in [2.75, 3.05) is 5.32 Å². The van der Waals surface area contributed by atoms with E-state index in [0.717, 1.165) is 11.3 Å². The molecule has 1 atom stereocenters. The van der Waals surface area contributed by atoms with Gasteiger partial charge in [0, 0.05) is 10.7 Å². The minimum absolute atomic E-state index is 0.178. The Morgan fingerprint density at radius 3 is 2.87 bits per heavy atom. The van der Waals surface area contributed by atoms with Gasteiger partial charge < -0.3 is 11.1 Å². The van der Waals surface area contributed by atoms with Crippen molar-refractivity contribution in [1.29, 1.82) is 0 Å². The summed E-state index contributed by atoms with van der Waals surface area (Å²) in [6.45, 7) is 3.73. The smallest absolute Gasteiger partial charge is 0.241 e. The average Bonchev–Trinajstić information content (AvgIpc) is 2.23. The molecule has 0 saturated heterocycles. The number of anilines is 1. The van der Waals surface area contributed by atoms with Gasteiger partial charge in [-0.15, -0.1) is 0 Å². The number of carbonyl (C=O) groups excluding carboxylic acids is 1. The zero-order chi connectivity index (χ0) is 11.4. The summed E-state index contributed by atoms with van der Waals surface area (Å²) in [5, 5.41) is 3.39. The fourth-order valence-corrected chi connectivity index (χ4v) is 1.33. The quantitative estimate of drug-likeness (QED) is 0.831. The third-order valence-corrected chi connectivity index (χ3v) is 2.71. The molecule has 4 heteroatoms. The Morgan fingerprint density at radius 1 is 1.60 bits per heavy atom. The standard InChI is InChI=1S/C11H15ClN2O/c1-3-9(13)11(15)14-10-6-4-5-8(12)7(10)2/h4-6,9H,3,13H2,1-2H3,(H,14,15)/t9-/m0/s1. The van der Waals surface area contributed by atoms with Crippen molar-refractivity contribution in [2.45, 2.75) is 26.3 Å². The van der Waals surface area contributed by atoms with Gasteiger partial charge in [-0.05, 0) is 31.0 Å². The normalized spacial score (nSPS) is 12.3. The molecule has 1 rings (SSSR count). The number of amides is 1. The molecule has 3 N–H and O–H groups in total. The number of nitrogens with one attached hydrogen (secondary N) is 1. The summed E-state index contributed by atoms with van der Waals surface area (Å²) in [5.41, 5.74) is 7.18. The number of carbonyl (C=O) groups is 1. The summed E-state index contributed by atoms with van der Waals surface area (Å²) in [7, 11) is 0. The molecule has 0 bridgehead atoms. The molecule has 0 spiro atoms. The van der Waals surface area contributed by atoms with Crippen molar-refractivity contribution < 1.29 is 4.79 Å². The summed E-state index contributed by atoms with van der Waals surface area (Å²) < 4.78 is 0. The molecule has 0 aliphatic heterocycles. The van der Waals surface area contributed by atoms with Crippen LogP contribution in [0.3, 0.4) is 0 Å². The number of rotatable bonds is 3. The largest absolute Gasteiger partial charge is 0.324 e. The van der Waals surface area contributed by atoms with Gasteiger partial charge in [0.1, 0.15) is 0 Å². The van der Waals surface area contributed by atoms with Crippen molar-refractivity contribution in [3.63, 3.8) is 0 Å². The maximum absolute atomic E-state index is 11.5. The van der Waals surface area contributed by atoms with Crippen LogP contribution in [-0.4, -0.2) is 11.9 Å². The van der Waals surface area contributed by atoms with E-state index >= 15 is 0 Å². The van der Waals surface area contributed by atoms with E-state index in [0.29, 0.717) is 11.4 Å². The highest BCUT2D eigenvalue weighted by atomic mass is 35.5. The van der Waals surface area contributed by atoms with Crippen LogP contribution in [0.25, 0.3) is 0 Å². The Morgan fingerprint density at radius 2 is 2.27 bits per heavy atom. The first-order valence-electron chi connectivity index (χ1n) is 4.87. The number of nitrogens with two attached hydrogens (primary N) is 1. The van der Waals surface area contributed by atoms with Gasteiger partial charge in [0.05, 0.1) is 6.04 Å². The number of hydrogen-bond acceptors (Lipinski definition) is 2. The Balaban J connectivity index is 2.81. The maximum atomic E-state index is 11.5. The van der Waals surface area contributed by atoms with E-state index in [2.05, 4.69) is 5.32 Å². The highest BCUT2D eigenvalue weighted by Crippen LogP contribution is 2.22. The molecule has 82 valence electrons. The van der Waals surface area contributed by atoms with Gasteiger partial charge in [0.15, 0.2) is 0 Å². The number of hydrogen-bond donors (Lipinski definition) is 2. The van der Waals surface area contributed by atoms with E-state index < -0.39 is 6.04 Å². The molecule has 3 nitrogen and oxygen atoms in total. The second kappa shape index (κ2) is 5.14. The SMILES string of the molecule is CC[C@H](N)C(=O)Nc1cccc(Cl)c1C. The van der Waals surface area contributed by atoms with E-state index in [1.165, 1.54) is 0 Å². The highest BCUT2D eigenvalue weighted by Gasteiger charge is 2.12. The van der Waals surface area contributed by atoms with Crippen LogP contribution in [0.4, 0.5) is 5.69 Å². The first kappa shape index (κ1) is 12.0. The fraction of sp³-hybridized carbons (Fsp3) is 0.364. The molecule has 0 radical (unpaired) electrons. The second-order valence-electron chi connectivity index (χ2n) is 3.42. The Bertz CT molecular complexity index is 366. The molecule has 15 heavy (non-hydrogen) atoms. The third-order valence-electron chi connectivity index (χ3n) is 2.30. The molecule has 0 saturated carbocycles. The summed E-state index contributed by atoms with van der Waals surface area (Å²) >= 11 is 5.93. The van der Waals surface area contributed by atoms with Crippen molar-refractivity contribution in [2.24, 2.45) is 5.73 Å². The van der Waals surface area contributed by atoms with E-state index in [9.17, 15) is 4.79 Å². The summed E-state index contributed by atoms with van der Waals surface area (Å²) in [6.07, 6.45) is 0.617. The Hall–Kier alpha value is -1.06. The fourth-order valence-electron chi connectivity index (χ4n) is 1.15. The lowest BCUT2D eigenvalue weighted by atomic mass is 10.1. The number of benzene rings is 1. The van der Waals surface area contributed by atoms with Gasteiger partial charge in [0.25, 0.3) is 0 Å². The van der Waals surface area contributed by atoms with Crippen LogP contribution >= 0.6 is 11.6 Å². The molecule has 1 amide bonds. The molecule has 0 heterocycles. The van der Waals surface area contributed by atoms with Gasteiger partial charge in [-0.25, -0.2) is 0 Å². The summed E-state index contributed by atoms with van der Waals surface area (Å²) in [6, 6.07) is 4.92. The van der Waals surface area contributed by atoms with Crippen LogP contribution in [0.1, 0.15) is 18.9 Å². The third kappa shape index (κ3) is 2.94. The summed E-state index contributed by atoms with van der Waals surface area (Å²) in [5.74, 6) is -0.178. The highest BCUT2D eigenvalue weighted by molar-refractivity contribution is 6.31. The number of halogens is 1. The molecule has 0 unspecified atom stereocenters. The van der Waals surface area contributed by atoms with E-state index in [1.807, 2.05) is 19.9 Å². The monoisotopic (exact) mass is 226 g/mol. The van der Waals surface area contributed by atoms with E-state index in [-0.39, 0.29) is 5.91 Å². The van der Waals surface area contributed by atoms with Crippen LogP contribution in [0.2, 0.25) is 5.02 Å². The second-order valence-corrected chi connectivity index (χ2v) is 3.82. The first-order valence-corrected chi connectivity index (χ1v) is 5.25. The van der Waals surface area contributed by atoms with Crippen molar-refractivity contribution in [1.82, 2.24) is 0 Å². The minimum Gasteiger partial charge on any atom is -0.324 e. The minimum atomic E-state index is -0.469. The van der Waals surface area contributed by atoms with Crippen molar-refractivity contribution in [3.05, 3.63) is 28.8 Å². The topological polar surface area (TPSA) is 55.1 Å². The lowest BCUT2D eigenvalue weighted by molar-refractivity contribution is -0.117. The van der Waals surface area contributed by atoms with Crippen molar-refractivity contribution >= 4 is 23.2 Å². The van der Waals surface area contributed by atoms with Gasteiger partial charge in [-0.1, -0.05) is 24.6 Å². The average molecular weight is 227 g/mol. The first-order chi connectivity index (χ1) is 7.06. The van der Waals surface area contributed by atoms with E-state index in [4.69, 9.17) is 17.3 Å². The molecular formula is C11H15ClN2O. The van der Waals surface area contributed by atoms with Crippen LogP contribution in [0.5, 0.6) is 0 Å². The zero-order valence-corrected chi connectivity index (χ0v) is 9.64. The Kier molecular flexibility index (Phi) is 4.12. The van der Waals surface area contributed by atoms with Crippen LogP contribution in [0.15, 0.2) is 18.2 Å². The maximum Gasteiger partial charge on any atom is 0.241 e. The van der Waals surface area contributed by atoms with E-state index in [1.54, 1.807) is 12.1 Å². The lowest BCUT2D eigenvalue weighted by Gasteiger charge is -2.12. The molecule has 0 fully saturated rings. The molecule has 1 aromatic rings. The van der Waals surface area contributed by atoms with Crippen LogP contribution < -0.4 is 11.1 Å². The van der Waals surface area contributed by atoms with Crippen molar-refractivity contribution in [3.8, 4) is 0 Å². The molecule has 1 aromatic carbocycles. The van der Waals surface area contributed by atoms with Crippen LogP contribution in [0, 0.1) is 6.92 Å². The van der Waals surface area contributed by atoms with Gasteiger partial charge in [-0.3, -0.25) is 4.79 Å². The van der Waals surface area contributed by atoms with Crippen LogP contribution in [-0.2, 0) is 4.79 Å². The lowest BCUT2D eigenvalue weighted by Crippen LogP contribution is -2.35. The molecular weight excluding hydrogens is 212 g/mol. The zero-order valence-electron chi connectivity index (χ0n) is 8.88. The van der Waals surface area contributed by atoms with Gasteiger partial charge in [-0.2, -0.15) is 0 Å². The van der Waals surface area contributed by atoms with Gasteiger partial charge >= 0.3 is 0 Å². The Labute approximate surface area is 94.6 Å². The molecule has 0 aromatic heterocycles. The predicted octanol–water partition coefficient (Wildman–Crippen LogP) is 2.32. The molecule has 0 aliphatic carbocycles. The predicted molar refractivity (Wildman–Crippen MR) is 63.1 cm³/mol. The molecule has 0 aliphatic rings. The summed E-state index contributed by atoms with van der Waals surface area (Å²) in [4.78, 5) is 11.5. The van der Waals surface area contributed by atoms with Gasteiger partial charge in [0.2, 0.25) is 5.91 Å².